The molecular formula is C57H51N3O. The van der Waals surface area contributed by atoms with E-state index in [-0.39, 0.29) is 16.2 Å². The van der Waals surface area contributed by atoms with E-state index in [2.05, 4.69) is 137 Å². The lowest BCUT2D eigenvalue weighted by molar-refractivity contribution is 0.0732. The number of aryl methyl sites for hydroxylation is 4. The van der Waals surface area contributed by atoms with Gasteiger partial charge in [-0.05, 0) is 182 Å². The van der Waals surface area contributed by atoms with Gasteiger partial charge < -0.3 is 8.80 Å². The number of nitriles is 1. The highest BCUT2D eigenvalue weighted by Crippen LogP contribution is 2.55. The normalized spacial score (nSPS) is 20.7. The Morgan fingerprint density at radius 1 is 0.607 bits per heavy atom. The summed E-state index contributed by atoms with van der Waals surface area (Å²) in [5, 5.41) is 20.8. The van der Waals surface area contributed by atoms with Crippen LogP contribution in [-0.2, 0) is 23.7 Å². The molecule has 4 heteroatoms. The highest BCUT2D eigenvalue weighted by Gasteiger charge is 2.49. The van der Waals surface area contributed by atoms with Crippen molar-refractivity contribution in [3.8, 4) is 17.2 Å². The quantitative estimate of drug-likeness (QED) is 0.166. The van der Waals surface area contributed by atoms with E-state index in [1.807, 2.05) is 0 Å². The summed E-state index contributed by atoms with van der Waals surface area (Å²) in [6, 6.07) is 29.0. The number of ketones is 1. The number of hydrogen-bond acceptors (Lipinski definition) is 2. The smallest absolute Gasteiger partial charge is 0.169 e. The van der Waals surface area contributed by atoms with Crippen molar-refractivity contribution < 1.29 is 4.79 Å². The molecule has 1 saturated carbocycles. The van der Waals surface area contributed by atoms with Gasteiger partial charge in [0.2, 0.25) is 0 Å². The molecule has 4 nitrogen and oxygen atoms in total. The molecule has 0 atom stereocenters. The number of benzene rings is 6. The van der Waals surface area contributed by atoms with Crippen LogP contribution in [0.2, 0.25) is 0 Å². The zero-order chi connectivity index (χ0) is 41.8. The molecule has 0 spiro atoms. The van der Waals surface area contributed by atoms with Gasteiger partial charge in [0.1, 0.15) is 0 Å². The van der Waals surface area contributed by atoms with Crippen molar-refractivity contribution in [2.45, 2.75) is 118 Å². The maximum absolute atomic E-state index is 14.6. The molecule has 0 amide bonds. The highest BCUT2D eigenvalue weighted by atomic mass is 16.1. The van der Waals surface area contributed by atoms with Crippen molar-refractivity contribution in [3.05, 3.63) is 117 Å². The van der Waals surface area contributed by atoms with Gasteiger partial charge in [0.25, 0.3) is 0 Å². The van der Waals surface area contributed by atoms with Crippen LogP contribution in [0.15, 0.2) is 66.7 Å². The van der Waals surface area contributed by atoms with Gasteiger partial charge in [-0.2, -0.15) is 5.26 Å². The number of Topliss-reactive ketones (excluding diaryl/α,β-unsaturated/α-hetero) is 1. The lowest BCUT2D eigenvalue weighted by Gasteiger charge is -2.38. The molecule has 2 bridgehead atoms. The molecule has 4 aromatic heterocycles. The van der Waals surface area contributed by atoms with Crippen LogP contribution in [0, 0.1) is 37.5 Å². The Morgan fingerprint density at radius 2 is 1.15 bits per heavy atom. The second-order valence-electron chi connectivity index (χ2n) is 21.4. The molecule has 14 rings (SSSR count). The predicted octanol–water partition coefficient (Wildman–Crippen LogP) is 14.7. The summed E-state index contributed by atoms with van der Waals surface area (Å²) in [5.41, 5.74) is 20.2. The van der Waals surface area contributed by atoms with E-state index in [1.165, 1.54) is 115 Å². The number of rotatable bonds is 1. The molecule has 0 N–H and O–H groups in total. The number of hydrogen-bond donors (Lipinski definition) is 0. The number of aromatic nitrogens is 2. The molecule has 0 aliphatic heterocycles. The molecule has 10 aromatic rings. The molecule has 0 saturated heterocycles. The number of carbonyl (C=O) groups is 1. The topological polar surface area (TPSA) is 49.7 Å². The van der Waals surface area contributed by atoms with Gasteiger partial charge in [-0.1, -0.05) is 52.3 Å². The molecule has 0 unspecified atom stereocenters. The Balaban J connectivity index is 1.23. The maximum Gasteiger partial charge on any atom is 0.169 e. The fourth-order valence-electron chi connectivity index (χ4n) is 13.2. The van der Waals surface area contributed by atoms with Crippen LogP contribution in [-0.4, -0.2) is 14.6 Å². The van der Waals surface area contributed by atoms with Crippen LogP contribution < -0.4 is 0 Å². The molecule has 0 radical (unpaired) electrons. The van der Waals surface area contributed by atoms with Gasteiger partial charge in [-0.3, -0.25) is 4.79 Å². The van der Waals surface area contributed by atoms with Crippen LogP contribution in [0.25, 0.3) is 87.3 Å². The molecule has 61 heavy (non-hydrogen) atoms. The summed E-state index contributed by atoms with van der Waals surface area (Å²) in [6.07, 6.45) is 8.28. The highest BCUT2D eigenvalue weighted by molar-refractivity contribution is 6.30. The number of carbonyl (C=O) groups excluding carboxylic acids is 1. The van der Waals surface area contributed by atoms with Gasteiger partial charge in [-0.25, -0.2) is 0 Å². The molecular weight excluding hydrogens is 743 g/mol. The van der Waals surface area contributed by atoms with E-state index in [4.69, 9.17) is 0 Å². The van der Waals surface area contributed by atoms with Crippen molar-refractivity contribution in [2.75, 3.05) is 0 Å². The SMILES string of the molecule is Cc1cc(C)c(-c2cc3c4cc5c(cc4n4c6cc(C#N)c7c(c6c(c2)c34)CCCC7)c2cc(C(C)(C)C)cc3c4cc6c(cc4n5c32)C(=O)C2(C)CCC6(C)CC2)c(C)c1. The van der Waals surface area contributed by atoms with Crippen LogP contribution in [0.5, 0.6) is 0 Å². The Morgan fingerprint density at radius 3 is 1.79 bits per heavy atom. The van der Waals surface area contributed by atoms with Crippen molar-refractivity contribution in [3.63, 3.8) is 0 Å². The first-order valence-electron chi connectivity index (χ1n) is 22.7. The standard InChI is InChI=1S/C57H51N3O/c1-29-17-30(2)50(31(3)18-29)32-19-40-38-25-46-39(26-47(38)60-49-21-33(28-58)35-11-9-10-12-36(35)51(49)44(20-32)53(40)60)42-23-34(55(4,5)6)22-41-37-24-45-43(27-48(37)59(46)52(41)42)54(61)57(8)15-13-56(45,7)14-16-57/h17-27H,9-16H2,1-8H3. The largest absolute Gasteiger partial charge is 0.308 e. The molecule has 4 heterocycles. The van der Waals surface area contributed by atoms with Crippen LogP contribution >= 0.6 is 0 Å². The summed E-state index contributed by atoms with van der Waals surface area (Å²) in [6.45, 7) is 18.3. The molecule has 300 valence electrons. The average molecular weight is 794 g/mol. The Bertz CT molecular complexity index is 3690. The zero-order valence-corrected chi connectivity index (χ0v) is 36.8. The van der Waals surface area contributed by atoms with E-state index in [9.17, 15) is 10.1 Å². The second kappa shape index (κ2) is 11.3. The van der Waals surface area contributed by atoms with Crippen molar-refractivity contribution in [1.82, 2.24) is 8.80 Å². The Labute approximate surface area is 356 Å². The van der Waals surface area contributed by atoms with E-state index in [0.717, 1.165) is 73.5 Å². The third-order valence-corrected chi connectivity index (χ3v) is 16.5. The van der Waals surface area contributed by atoms with E-state index in [0.29, 0.717) is 5.78 Å². The number of fused-ring (bicyclic) bond motifs is 16. The first-order chi connectivity index (χ1) is 29.2. The Hall–Kier alpha value is -5.92. The third kappa shape index (κ3) is 4.38. The van der Waals surface area contributed by atoms with Gasteiger partial charge in [0.05, 0.1) is 44.7 Å². The first-order valence-corrected chi connectivity index (χ1v) is 22.7. The summed E-state index contributed by atoms with van der Waals surface area (Å²) in [7, 11) is 0. The van der Waals surface area contributed by atoms with Crippen LogP contribution in [0.4, 0.5) is 0 Å². The van der Waals surface area contributed by atoms with Crippen LogP contribution in [0.3, 0.4) is 0 Å². The first kappa shape index (κ1) is 35.8. The fourth-order valence-corrected chi connectivity index (χ4v) is 13.2. The Kier molecular flexibility index (Phi) is 6.64. The average Bonchev–Trinajstić information content (AvgIpc) is 3.92. The minimum Gasteiger partial charge on any atom is -0.308 e. The molecule has 4 aliphatic rings. The van der Waals surface area contributed by atoms with Crippen molar-refractivity contribution in [2.24, 2.45) is 5.41 Å². The van der Waals surface area contributed by atoms with Gasteiger partial charge in [0.15, 0.2) is 5.78 Å². The zero-order valence-electron chi connectivity index (χ0n) is 36.8. The summed E-state index contributed by atoms with van der Waals surface area (Å²) in [4.78, 5) is 14.6. The molecule has 6 aromatic carbocycles. The van der Waals surface area contributed by atoms with E-state index >= 15 is 0 Å². The number of nitrogens with zero attached hydrogens (tertiary/aromatic N) is 3. The van der Waals surface area contributed by atoms with Gasteiger partial charge in [0, 0.05) is 54.1 Å². The minimum atomic E-state index is -0.301. The van der Waals surface area contributed by atoms with Crippen molar-refractivity contribution in [1.29, 1.82) is 5.26 Å². The van der Waals surface area contributed by atoms with Crippen LogP contribution in [0.1, 0.15) is 128 Å². The monoisotopic (exact) mass is 793 g/mol. The fraction of sp³-hybridized carbons (Fsp3) is 0.333. The second-order valence-corrected chi connectivity index (χ2v) is 21.4. The molecule has 4 aliphatic carbocycles. The van der Waals surface area contributed by atoms with Gasteiger partial charge >= 0.3 is 0 Å². The predicted molar refractivity (Wildman–Crippen MR) is 254 cm³/mol. The maximum atomic E-state index is 14.6. The summed E-state index contributed by atoms with van der Waals surface area (Å²) < 4.78 is 5.02. The minimum absolute atomic E-state index is 0.00236. The van der Waals surface area contributed by atoms with E-state index < -0.39 is 0 Å². The molecule has 1 fully saturated rings. The summed E-state index contributed by atoms with van der Waals surface area (Å²) >= 11 is 0. The lowest BCUT2D eigenvalue weighted by atomic mass is 9.65. The lowest BCUT2D eigenvalue weighted by Crippen LogP contribution is -2.33. The van der Waals surface area contributed by atoms with Crippen molar-refractivity contribution >= 4 is 82.0 Å². The summed E-state index contributed by atoms with van der Waals surface area (Å²) in [5.74, 6) is 0.331. The third-order valence-electron chi connectivity index (χ3n) is 16.5. The van der Waals surface area contributed by atoms with E-state index in [1.54, 1.807) is 0 Å². The van der Waals surface area contributed by atoms with Gasteiger partial charge in [-0.15, -0.1) is 0 Å².